The van der Waals surface area contributed by atoms with Gasteiger partial charge in [0, 0.05) is 12.6 Å². The van der Waals surface area contributed by atoms with Gasteiger partial charge in [0.15, 0.2) is 0 Å². The second kappa shape index (κ2) is 5.51. The summed E-state index contributed by atoms with van der Waals surface area (Å²) in [6.45, 7) is 0.541. The lowest BCUT2D eigenvalue weighted by atomic mass is 10.1. The van der Waals surface area contributed by atoms with Gasteiger partial charge in [-0.05, 0) is 12.0 Å². The summed E-state index contributed by atoms with van der Waals surface area (Å²) in [5, 5.41) is 0. The van der Waals surface area contributed by atoms with Crippen LogP contribution in [-0.2, 0) is 0 Å². The van der Waals surface area contributed by atoms with E-state index in [4.69, 9.17) is 11.5 Å². The first kappa shape index (κ1) is 9.96. The fraction of sp³-hybridized carbons (Fsp3) is 0.273. The van der Waals surface area contributed by atoms with E-state index < -0.39 is 0 Å². The van der Waals surface area contributed by atoms with Crippen LogP contribution in [0.3, 0.4) is 0 Å². The van der Waals surface area contributed by atoms with Crippen LogP contribution in [0.2, 0.25) is 0 Å². The van der Waals surface area contributed by atoms with Crippen molar-refractivity contribution in [1.82, 2.24) is 0 Å². The second-order valence-electron chi connectivity index (χ2n) is 3.04. The zero-order valence-electron chi connectivity index (χ0n) is 7.69. The van der Waals surface area contributed by atoms with E-state index in [1.807, 2.05) is 18.2 Å². The standard InChI is InChI=1S/C11H16N2/c12-9-11(13)8-4-7-10-5-2-1-3-6-10/h1-7,11H,8-9,12-13H2. The molecule has 1 aromatic carbocycles. The van der Waals surface area contributed by atoms with E-state index in [-0.39, 0.29) is 6.04 Å². The Morgan fingerprint density at radius 3 is 2.54 bits per heavy atom. The maximum atomic E-state index is 5.66. The normalized spacial score (nSPS) is 13.4. The van der Waals surface area contributed by atoms with Crippen molar-refractivity contribution in [3.8, 4) is 0 Å². The Balaban J connectivity index is 2.41. The Hall–Kier alpha value is -1.12. The summed E-state index contributed by atoms with van der Waals surface area (Å²) in [6.07, 6.45) is 4.97. The van der Waals surface area contributed by atoms with Crippen molar-refractivity contribution in [2.75, 3.05) is 6.54 Å². The van der Waals surface area contributed by atoms with Gasteiger partial charge < -0.3 is 11.5 Å². The summed E-state index contributed by atoms with van der Waals surface area (Å²) < 4.78 is 0. The monoisotopic (exact) mass is 176 g/mol. The number of rotatable bonds is 4. The molecule has 0 amide bonds. The fourth-order valence-electron chi connectivity index (χ4n) is 1.04. The molecule has 0 saturated carbocycles. The molecule has 4 N–H and O–H groups in total. The molecule has 0 fully saturated rings. The molecule has 0 aliphatic rings. The topological polar surface area (TPSA) is 52.0 Å². The van der Waals surface area contributed by atoms with Gasteiger partial charge in [0.2, 0.25) is 0 Å². The summed E-state index contributed by atoms with van der Waals surface area (Å²) in [7, 11) is 0. The largest absolute Gasteiger partial charge is 0.329 e. The van der Waals surface area contributed by atoms with Crippen molar-refractivity contribution < 1.29 is 0 Å². The van der Waals surface area contributed by atoms with Crippen LogP contribution in [0, 0.1) is 0 Å². The minimum absolute atomic E-state index is 0.0833. The summed E-state index contributed by atoms with van der Waals surface area (Å²) in [5.74, 6) is 0. The van der Waals surface area contributed by atoms with Crippen molar-refractivity contribution in [1.29, 1.82) is 0 Å². The van der Waals surface area contributed by atoms with Crippen LogP contribution in [0.15, 0.2) is 36.4 Å². The molecule has 1 atom stereocenters. The van der Waals surface area contributed by atoms with E-state index in [9.17, 15) is 0 Å². The Labute approximate surface area is 79.2 Å². The maximum absolute atomic E-state index is 5.66. The molecule has 0 aliphatic heterocycles. The van der Waals surface area contributed by atoms with Crippen LogP contribution in [0.4, 0.5) is 0 Å². The first-order chi connectivity index (χ1) is 6.33. The van der Waals surface area contributed by atoms with Crippen LogP contribution in [0.25, 0.3) is 6.08 Å². The zero-order chi connectivity index (χ0) is 9.52. The zero-order valence-corrected chi connectivity index (χ0v) is 7.69. The molecule has 0 bridgehead atoms. The second-order valence-corrected chi connectivity index (χ2v) is 3.04. The van der Waals surface area contributed by atoms with Crippen molar-refractivity contribution >= 4 is 6.08 Å². The first-order valence-electron chi connectivity index (χ1n) is 4.50. The van der Waals surface area contributed by atoms with Gasteiger partial charge in [-0.25, -0.2) is 0 Å². The average molecular weight is 176 g/mol. The maximum Gasteiger partial charge on any atom is 0.0198 e. The van der Waals surface area contributed by atoms with Crippen molar-refractivity contribution in [2.24, 2.45) is 11.5 Å². The third-order valence-corrected chi connectivity index (χ3v) is 1.85. The van der Waals surface area contributed by atoms with E-state index in [0.29, 0.717) is 6.54 Å². The number of nitrogens with two attached hydrogens (primary N) is 2. The molecular formula is C11H16N2. The van der Waals surface area contributed by atoms with E-state index >= 15 is 0 Å². The van der Waals surface area contributed by atoms with Crippen LogP contribution >= 0.6 is 0 Å². The van der Waals surface area contributed by atoms with E-state index in [0.717, 1.165) is 6.42 Å². The molecule has 2 nitrogen and oxygen atoms in total. The van der Waals surface area contributed by atoms with E-state index in [1.165, 1.54) is 5.56 Å². The van der Waals surface area contributed by atoms with Gasteiger partial charge >= 0.3 is 0 Å². The predicted octanol–water partition coefficient (Wildman–Crippen LogP) is 1.38. The quantitative estimate of drug-likeness (QED) is 0.728. The van der Waals surface area contributed by atoms with Crippen LogP contribution in [0.1, 0.15) is 12.0 Å². The molecule has 0 aliphatic carbocycles. The molecule has 70 valence electrons. The van der Waals surface area contributed by atoms with Crippen LogP contribution in [0.5, 0.6) is 0 Å². The van der Waals surface area contributed by atoms with Crippen molar-refractivity contribution in [3.63, 3.8) is 0 Å². The van der Waals surface area contributed by atoms with Crippen molar-refractivity contribution in [3.05, 3.63) is 42.0 Å². The molecule has 13 heavy (non-hydrogen) atoms. The van der Waals surface area contributed by atoms with Gasteiger partial charge in [0.25, 0.3) is 0 Å². The molecule has 1 aromatic rings. The first-order valence-corrected chi connectivity index (χ1v) is 4.50. The lowest BCUT2D eigenvalue weighted by Gasteiger charge is -2.02. The molecule has 0 heterocycles. The highest BCUT2D eigenvalue weighted by Crippen LogP contribution is 2.02. The van der Waals surface area contributed by atoms with Crippen LogP contribution < -0.4 is 11.5 Å². The van der Waals surface area contributed by atoms with E-state index in [2.05, 4.69) is 24.3 Å². The summed E-state index contributed by atoms with van der Waals surface area (Å²) in [6, 6.07) is 10.2. The Kier molecular flexibility index (Phi) is 4.23. The number of hydrogen-bond acceptors (Lipinski definition) is 2. The lowest BCUT2D eigenvalue weighted by molar-refractivity contribution is 0.694. The minimum atomic E-state index is 0.0833. The van der Waals surface area contributed by atoms with Crippen molar-refractivity contribution in [2.45, 2.75) is 12.5 Å². The fourth-order valence-corrected chi connectivity index (χ4v) is 1.04. The van der Waals surface area contributed by atoms with Gasteiger partial charge in [0.1, 0.15) is 0 Å². The summed E-state index contributed by atoms with van der Waals surface area (Å²) in [4.78, 5) is 0. The molecule has 0 saturated heterocycles. The molecule has 2 heteroatoms. The third-order valence-electron chi connectivity index (χ3n) is 1.85. The van der Waals surface area contributed by atoms with Crippen LogP contribution in [-0.4, -0.2) is 12.6 Å². The predicted molar refractivity (Wildman–Crippen MR) is 57.1 cm³/mol. The number of hydrogen-bond donors (Lipinski definition) is 2. The Bertz CT molecular complexity index is 254. The average Bonchev–Trinajstić information content (AvgIpc) is 2.19. The van der Waals surface area contributed by atoms with Gasteiger partial charge in [-0.1, -0.05) is 42.5 Å². The lowest BCUT2D eigenvalue weighted by Crippen LogP contribution is -2.28. The van der Waals surface area contributed by atoms with Gasteiger partial charge in [-0.3, -0.25) is 0 Å². The van der Waals surface area contributed by atoms with Gasteiger partial charge in [0.05, 0.1) is 0 Å². The molecule has 0 spiro atoms. The highest BCUT2D eigenvalue weighted by molar-refractivity contribution is 5.48. The third kappa shape index (κ3) is 3.87. The number of benzene rings is 1. The summed E-state index contributed by atoms with van der Waals surface area (Å²) >= 11 is 0. The highest BCUT2D eigenvalue weighted by atomic mass is 14.7. The van der Waals surface area contributed by atoms with Gasteiger partial charge in [-0.15, -0.1) is 0 Å². The Morgan fingerprint density at radius 1 is 1.23 bits per heavy atom. The molecule has 1 rings (SSSR count). The molecular weight excluding hydrogens is 160 g/mol. The minimum Gasteiger partial charge on any atom is -0.329 e. The highest BCUT2D eigenvalue weighted by Gasteiger charge is 1.93. The van der Waals surface area contributed by atoms with E-state index in [1.54, 1.807) is 0 Å². The molecule has 0 aromatic heterocycles. The summed E-state index contributed by atoms with van der Waals surface area (Å²) in [5.41, 5.74) is 12.3. The smallest absolute Gasteiger partial charge is 0.0198 e. The Morgan fingerprint density at radius 2 is 1.92 bits per heavy atom. The SMILES string of the molecule is NCC(N)CC=Cc1ccccc1. The van der Waals surface area contributed by atoms with Gasteiger partial charge in [-0.2, -0.15) is 0 Å². The molecule has 1 unspecified atom stereocenters. The molecule has 0 radical (unpaired) electrons.